The molecule has 0 unspecified atom stereocenters. The average molecular weight is 353 g/mol. The Morgan fingerprint density at radius 3 is 2.58 bits per heavy atom. The van der Waals surface area contributed by atoms with Gasteiger partial charge in [0.05, 0.1) is 23.0 Å². The van der Waals surface area contributed by atoms with Crippen LogP contribution in [0, 0.1) is 17.1 Å². The van der Waals surface area contributed by atoms with Gasteiger partial charge in [-0.25, -0.2) is 9.18 Å². The molecule has 1 aliphatic heterocycles. The molecule has 1 amide bonds. The van der Waals surface area contributed by atoms with Crippen molar-refractivity contribution in [1.29, 1.82) is 5.26 Å². The van der Waals surface area contributed by atoms with E-state index in [4.69, 9.17) is 10.00 Å². The highest BCUT2D eigenvalue weighted by Crippen LogP contribution is 2.44. The lowest BCUT2D eigenvalue weighted by molar-refractivity contribution is -0.000183. The maximum absolute atomic E-state index is 14.2. The number of nitrogens with zero attached hydrogens (tertiary/aromatic N) is 2. The van der Waals surface area contributed by atoms with Gasteiger partial charge < -0.3 is 10.1 Å². The summed E-state index contributed by atoms with van der Waals surface area (Å²) in [5.74, 6) is -0.498. The topological polar surface area (TPSA) is 65.4 Å². The Bertz CT molecular complexity index is 900. The van der Waals surface area contributed by atoms with Crippen molar-refractivity contribution in [1.82, 2.24) is 0 Å². The van der Waals surface area contributed by atoms with E-state index < -0.39 is 11.4 Å². The normalized spacial score (nSPS) is 15.0. The highest BCUT2D eigenvalue weighted by Gasteiger charge is 2.41. The number of anilines is 3. The molecule has 26 heavy (non-hydrogen) atoms. The molecule has 0 aliphatic carbocycles. The molecule has 1 aliphatic rings. The monoisotopic (exact) mass is 353 g/mol. The number of ether oxygens (including phenoxy) is 1. The number of nitriles is 1. The Balaban J connectivity index is 2.02. The van der Waals surface area contributed by atoms with Crippen LogP contribution >= 0.6 is 0 Å². The molecule has 2 aromatic rings. The maximum atomic E-state index is 14.2. The van der Waals surface area contributed by atoms with E-state index in [0.29, 0.717) is 18.5 Å². The number of nitrogens with one attached hydrogen (secondary N) is 1. The molecule has 0 atom stereocenters. The molecule has 0 spiro atoms. The van der Waals surface area contributed by atoms with Gasteiger partial charge in [-0.05, 0) is 49.2 Å². The number of hydrogen-bond acceptors (Lipinski definition) is 4. The molecule has 3 rings (SSSR count). The molecule has 1 N–H and O–H groups in total. The van der Waals surface area contributed by atoms with Gasteiger partial charge in [0, 0.05) is 18.3 Å². The summed E-state index contributed by atoms with van der Waals surface area (Å²) in [7, 11) is 1.67. The van der Waals surface area contributed by atoms with Crippen LogP contribution in [0.15, 0.2) is 36.4 Å². The van der Waals surface area contributed by atoms with Crippen LogP contribution in [-0.4, -0.2) is 13.1 Å². The van der Waals surface area contributed by atoms with Gasteiger partial charge in [-0.15, -0.1) is 0 Å². The molecule has 0 bridgehead atoms. The lowest BCUT2D eigenvalue weighted by Crippen LogP contribution is -2.43. The van der Waals surface area contributed by atoms with E-state index >= 15 is 0 Å². The van der Waals surface area contributed by atoms with Crippen LogP contribution < -0.4 is 10.2 Å². The quantitative estimate of drug-likeness (QED) is 0.836. The highest BCUT2D eigenvalue weighted by atomic mass is 19.1. The number of fused-ring (bicyclic) bond motifs is 1. The van der Waals surface area contributed by atoms with Gasteiger partial charge in [0.2, 0.25) is 0 Å². The van der Waals surface area contributed by atoms with E-state index in [2.05, 4.69) is 5.32 Å². The van der Waals surface area contributed by atoms with Crippen LogP contribution in [0.25, 0.3) is 0 Å². The van der Waals surface area contributed by atoms with Crippen molar-refractivity contribution in [2.45, 2.75) is 32.3 Å². The Labute approximate surface area is 152 Å². The second-order valence-corrected chi connectivity index (χ2v) is 6.29. The SMILES string of the molecule is CCC1(CC)OC(=O)N(C)c2ccc(Nc3ccc(C#N)cc3F)cc21. The Kier molecular flexibility index (Phi) is 4.56. The van der Waals surface area contributed by atoms with Gasteiger partial charge in [0.25, 0.3) is 0 Å². The molecule has 1 heterocycles. The molecule has 134 valence electrons. The minimum atomic E-state index is -0.695. The number of amides is 1. The number of benzene rings is 2. The summed E-state index contributed by atoms with van der Waals surface area (Å²) in [6.45, 7) is 3.96. The summed E-state index contributed by atoms with van der Waals surface area (Å²) in [5, 5.41) is 11.9. The Morgan fingerprint density at radius 1 is 1.23 bits per heavy atom. The zero-order chi connectivity index (χ0) is 18.9. The smallest absolute Gasteiger partial charge is 0.414 e. The number of halogens is 1. The molecule has 6 heteroatoms. The predicted molar refractivity (Wildman–Crippen MR) is 98.0 cm³/mol. The fourth-order valence-corrected chi connectivity index (χ4v) is 3.28. The third-order valence-electron chi connectivity index (χ3n) is 4.92. The lowest BCUT2D eigenvalue weighted by atomic mass is 9.85. The first-order valence-corrected chi connectivity index (χ1v) is 8.52. The summed E-state index contributed by atoms with van der Waals surface area (Å²) in [6, 6.07) is 11.7. The summed E-state index contributed by atoms with van der Waals surface area (Å²) in [5.41, 5.74) is 2.22. The number of rotatable bonds is 4. The van der Waals surface area contributed by atoms with Crippen LogP contribution in [0.5, 0.6) is 0 Å². The first-order valence-electron chi connectivity index (χ1n) is 8.52. The van der Waals surface area contributed by atoms with Crippen LogP contribution in [-0.2, 0) is 10.3 Å². The van der Waals surface area contributed by atoms with E-state index in [1.54, 1.807) is 19.2 Å². The van der Waals surface area contributed by atoms with Gasteiger partial charge in [-0.2, -0.15) is 5.26 Å². The van der Waals surface area contributed by atoms with Crippen LogP contribution in [0.1, 0.15) is 37.8 Å². The molecule has 0 saturated carbocycles. The van der Waals surface area contributed by atoms with Gasteiger partial charge in [0.15, 0.2) is 0 Å². The van der Waals surface area contributed by atoms with Gasteiger partial charge in [-0.1, -0.05) is 13.8 Å². The predicted octanol–water partition coefficient (Wildman–Crippen LogP) is 5.04. The highest BCUT2D eigenvalue weighted by molar-refractivity contribution is 5.91. The number of cyclic esters (lactones) is 1. The summed E-state index contributed by atoms with van der Waals surface area (Å²) >= 11 is 0. The number of hydrogen-bond donors (Lipinski definition) is 1. The van der Waals surface area contributed by atoms with Crippen molar-refractivity contribution < 1.29 is 13.9 Å². The van der Waals surface area contributed by atoms with Crippen molar-refractivity contribution in [2.24, 2.45) is 0 Å². The Hall–Kier alpha value is -3.07. The second kappa shape index (κ2) is 6.68. The largest absolute Gasteiger partial charge is 0.438 e. The van der Waals surface area contributed by atoms with E-state index in [1.807, 2.05) is 32.0 Å². The standard InChI is InChI=1S/C20H20FN3O2/c1-4-20(5-2)15-11-14(7-9-18(15)24(3)19(25)26-20)23-17-8-6-13(12-22)10-16(17)21/h6-11,23H,4-5H2,1-3H3. The van der Waals surface area contributed by atoms with Crippen molar-refractivity contribution in [3.63, 3.8) is 0 Å². The summed E-state index contributed by atoms with van der Waals surface area (Å²) in [4.78, 5) is 13.7. The van der Waals surface area contributed by atoms with E-state index in [-0.39, 0.29) is 17.3 Å². The molecule has 0 fully saturated rings. The third-order valence-corrected chi connectivity index (χ3v) is 4.92. The first kappa shape index (κ1) is 17.7. The minimum absolute atomic E-state index is 0.267. The van der Waals surface area contributed by atoms with E-state index in [9.17, 15) is 9.18 Å². The lowest BCUT2D eigenvalue weighted by Gasteiger charge is -2.41. The maximum Gasteiger partial charge on any atom is 0.414 e. The van der Waals surface area contributed by atoms with Crippen LogP contribution in [0.2, 0.25) is 0 Å². The molecule has 0 aromatic heterocycles. The average Bonchev–Trinajstić information content (AvgIpc) is 2.66. The Morgan fingerprint density at radius 2 is 1.96 bits per heavy atom. The molecular weight excluding hydrogens is 333 g/mol. The van der Waals surface area contributed by atoms with E-state index in [1.165, 1.54) is 17.0 Å². The number of carbonyl (C=O) groups excluding carboxylic acids is 1. The minimum Gasteiger partial charge on any atom is -0.438 e. The van der Waals surface area contributed by atoms with Crippen LogP contribution in [0.4, 0.5) is 26.2 Å². The summed E-state index contributed by atoms with van der Waals surface area (Å²) < 4.78 is 19.9. The fraction of sp³-hybridized carbons (Fsp3) is 0.300. The van der Waals surface area contributed by atoms with E-state index in [0.717, 1.165) is 11.3 Å². The second-order valence-electron chi connectivity index (χ2n) is 6.29. The third kappa shape index (κ3) is 2.86. The van der Waals surface area contributed by atoms with Crippen molar-refractivity contribution in [2.75, 3.05) is 17.3 Å². The van der Waals surface area contributed by atoms with Crippen molar-refractivity contribution in [3.8, 4) is 6.07 Å². The molecular formula is C20H20FN3O2. The number of carbonyl (C=O) groups is 1. The first-order chi connectivity index (χ1) is 12.4. The zero-order valence-electron chi connectivity index (χ0n) is 15.0. The van der Waals surface area contributed by atoms with Gasteiger partial charge in [0.1, 0.15) is 11.4 Å². The summed E-state index contributed by atoms with van der Waals surface area (Å²) in [6.07, 6.45) is 0.912. The van der Waals surface area contributed by atoms with Gasteiger partial charge in [-0.3, -0.25) is 4.90 Å². The van der Waals surface area contributed by atoms with Gasteiger partial charge >= 0.3 is 6.09 Å². The van der Waals surface area contributed by atoms with Crippen molar-refractivity contribution >= 4 is 23.2 Å². The van der Waals surface area contributed by atoms with Crippen LogP contribution in [0.3, 0.4) is 0 Å². The zero-order valence-corrected chi connectivity index (χ0v) is 15.0. The molecule has 5 nitrogen and oxygen atoms in total. The molecule has 0 radical (unpaired) electrons. The molecule has 0 saturated heterocycles. The fourth-order valence-electron chi connectivity index (χ4n) is 3.28. The van der Waals surface area contributed by atoms with Crippen molar-refractivity contribution in [3.05, 3.63) is 53.3 Å². The molecule has 2 aromatic carbocycles.